The molecule has 0 spiro atoms. The second-order valence-electron chi connectivity index (χ2n) is 5.01. The van der Waals surface area contributed by atoms with Crippen molar-refractivity contribution in [1.82, 2.24) is 10.2 Å². The second-order valence-corrected chi connectivity index (χ2v) is 6.51. The molecule has 0 bridgehead atoms. The SMILES string of the molecule is CCOCC(C)OC(=O)c1n[nH]c(C2CC2)c1S(N)(=O)=O. The predicted molar refractivity (Wildman–Crippen MR) is 73.3 cm³/mol. The molecular formula is C12H19N3O5S. The number of hydrogen-bond acceptors (Lipinski definition) is 6. The number of rotatable bonds is 7. The quantitative estimate of drug-likeness (QED) is 0.706. The van der Waals surface area contributed by atoms with Gasteiger partial charge in [0.2, 0.25) is 10.0 Å². The summed E-state index contributed by atoms with van der Waals surface area (Å²) in [7, 11) is -4.05. The van der Waals surface area contributed by atoms with E-state index in [1.165, 1.54) is 0 Å². The van der Waals surface area contributed by atoms with Gasteiger partial charge in [-0.3, -0.25) is 5.10 Å². The molecule has 1 aromatic rings. The fourth-order valence-electron chi connectivity index (χ4n) is 1.98. The standard InChI is InChI=1S/C12H19N3O5S/c1-3-19-6-7(2)20-12(16)10-11(21(13,17)18)9(14-15-10)8-4-5-8/h7-8H,3-6H2,1-2H3,(H,14,15)(H2,13,17,18). The van der Waals surface area contributed by atoms with Gasteiger partial charge in [-0.25, -0.2) is 18.4 Å². The van der Waals surface area contributed by atoms with Gasteiger partial charge in [-0.05, 0) is 26.7 Å². The van der Waals surface area contributed by atoms with Gasteiger partial charge < -0.3 is 9.47 Å². The van der Waals surface area contributed by atoms with Gasteiger partial charge in [-0.2, -0.15) is 5.10 Å². The fraction of sp³-hybridized carbons (Fsp3) is 0.667. The maximum absolute atomic E-state index is 12.1. The van der Waals surface area contributed by atoms with Crippen molar-refractivity contribution in [1.29, 1.82) is 0 Å². The van der Waals surface area contributed by atoms with Crippen molar-refractivity contribution in [3.63, 3.8) is 0 Å². The third kappa shape index (κ3) is 3.80. The van der Waals surface area contributed by atoms with Gasteiger partial charge in [-0.1, -0.05) is 0 Å². The molecule has 1 aromatic heterocycles. The minimum Gasteiger partial charge on any atom is -0.455 e. The van der Waals surface area contributed by atoms with Gasteiger partial charge in [0.25, 0.3) is 0 Å². The molecule has 21 heavy (non-hydrogen) atoms. The molecule has 1 fully saturated rings. The zero-order valence-corrected chi connectivity index (χ0v) is 12.8. The Kier molecular flexibility index (Phi) is 4.64. The number of esters is 1. The molecule has 1 heterocycles. The summed E-state index contributed by atoms with van der Waals surface area (Å²) in [4.78, 5) is 11.8. The molecule has 1 saturated carbocycles. The van der Waals surface area contributed by atoms with Crippen molar-refractivity contribution in [2.24, 2.45) is 5.14 Å². The summed E-state index contributed by atoms with van der Waals surface area (Å²) >= 11 is 0. The first-order chi connectivity index (χ1) is 9.84. The number of carbonyl (C=O) groups excluding carboxylic acids is 1. The highest BCUT2D eigenvalue weighted by Gasteiger charge is 2.36. The van der Waals surface area contributed by atoms with Gasteiger partial charge in [0.1, 0.15) is 11.0 Å². The summed E-state index contributed by atoms with van der Waals surface area (Å²) in [6.07, 6.45) is 1.19. The molecule has 9 heteroatoms. The molecule has 118 valence electrons. The molecule has 1 unspecified atom stereocenters. The molecule has 0 aromatic carbocycles. The number of ether oxygens (including phenoxy) is 2. The molecule has 1 aliphatic rings. The van der Waals surface area contributed by atoms with Crippen molar-refractivity contribution < 1.29 is 22.7 Å². The molecule has 0 amide bonds. The van der Waals surface area contributed by atoms with Crippen LogP contribution in [-0.2, 0) is 19.5 Å². The minimum atomic E-state index is -4.05. The lowest BCUT2D eigenvalue weighted by Gasteiger charge is -2.12. The molecule has 0 aliphatic heterocycles. The van der Waals surface area contributed by atoms with Crippen LogP contribution in [0.5, 0.6) is 0 Å². The number of nitrogens with zero attached hydrogens (tertiary/aromatic N) is 1. The normalized spacial score (nSPS) is 16.7. The molecule has 2 rings (SSSR count). The van der Waals surface area contributed by atoms with Crippen LogP contribution in [0.15, 0.2) is 4.90 Å². The van der Waals surface area contributed by atoms with Crippen LogP contribution in [0.25, 0.3) is 0 Å². The third-order valence-electron chi connectivity index (χ3n) is 3.08. The summed E-state index contributed by atoms with van der Waals surface area (Å²) in [5.74, 6) is -0.761. The van der Waals surface area contributed by atoms with E-state index in [4.69, 9.17) is 14.6 Å². The lowest BCUT2D eigenvalue weighted by Crippen LogP contribution is -2.23. The first kappa shape index (κ1) is 15.9. The van der Waals surface area contributed by atoms with E-state index in [1.807, 2.05) is 6.92 Å². The summed E-state index contributed by atoms with van der Waals surface area (Å²) in [6, 6.07) is 0. The highest BCUT2D eigenvalue weighted by atomic mass is 32.2. The molecule has 1 aliphatic carbocycles. The molecule has 1 atom stereocenters. The third-order valence-corrected chi connectivity index (χ3v) is 4.06. The van der Waals surface area contributed by atoms with E-state index in [-0.39, 0.29) is 23.1 Å². The highest BCUT2D eigenvalue weighted by Crippen LogP contribution is 2.42. The number of nitrogens with one attached hydrogen (secondary N) is 1. The van der Waals surface area contributed by atoms with E-state index in [0.717, 1.165) is 12.8 Å². The molecule has 8 nitrogen and oxygen atoms in total. The smallest absolute Gasteiger partial charge is 0.360 e. The second kappa shape index (κ2) is 6.12. The van der Waals surface area contributed by atoms with Gasteiger partial charge in [0, 0.05) is 12.5 Å². The van der Waals surface area contributed by atoms with Crippen molar-refractivity contribution in [2.45, 2.75) is 43.6 Å². The topological polar surface area (TPSA) is 124 Å². The monoisotopic (exact) mass is 317 g/mol. The van der Waals surface area contributed by atoms with E-state index in [9.17, 15) is 13.2 Å². The van der Waals surface area contributed by atoms with Gasteiger partial charge in [-0.15, -0.1) is 0 Å². The summed E-state index contributed by atoms with van der Waals surface area (Å²) in [5.41, 5.74) is 0.102. The Bertz CT molecular complexity index is 621. The van der Waals surface area contributed by atoms with Crippen LogP contribution >= 0.6 is 0 Å². The van der Waals surface area contributed by atoms with Crippen LogP contribution in [0.2, 0.25) is 0 Å². The van der Waals surface area contributed by atoms with E-state index in [0.29, 0.717) is 12.3 Å². The number of primary sulfonamides is 1. The van der Waals surface area contributed by atoms with Gasteiger partial charge in [0.15, 0.2) is 5.69 Å². The first-order valence-electron chi connectivity index (χ1n) is 6.74. The van der Waals surface area contributed by atoms with Crippen LogP contribution in [0.4, 0.5) is 0 Å². The maximum Gasteiger partial charge on any atom is 0.360 e. The lowest BCUT2D eigenvalue weighted by molar-refractivity contribution is 0.00352. The largest absolute Gasteiger partial charge is 0.455 e. The molecular weight excluding hydrogens is 298 g/mol. The fourth-order valence-corrected chi connectivity index (χ4v) is 2.89. The molecule has 3 N–H and O–H groups in total. The number of nitrogens with two attached hydrogens (primary N) is 1. The Balaban J connectivity index is 2.21. The number of hydrogen-bond donors (Lipinski definition) is 2. The van der Waals surface area contributed by atoms with Crippen LogP contribution in [-0.4, -0.2) is 43.9 Å². The predicted octanol–water partition coefficient (Wildman–Crippen LogP) is 0.516. The van der Waals surface area contributed by atoms with Crippen LogP contribution in [0.3, 0.4) is 0 Å². The highest BCUT2D eigenvalue weighted by molar-refractivity contribution is 7.89. The Labute approximate surface area is 123 Å². The summed E-state index contributed by atoms with van der Waals surface area (Å²) in [5, 5.41) is 11.6. The number of sulfonamides is 1. The van der Waals surface area contributed by atoms with Gasteiger partial charge >= 0.3 is 5.97 Å². The number of carbonyl (C=O) groups is 1. The minimum absolute atomic E-state index is 0.0632. The summed E-state index contributed by atoms with van der Waals surface area (Å²) in [6.45, 7) is 4.20. The van der Waals surface area contributed by atoms with E-state index in [2.05, 4.69) is 10.2 Å². The van der Waals surface area contributed by atoms with Crippen LogP contribution in [0, 0.1) is 0 Å². The molecule has 0 radical (unpaired) electrons. The van der Waals surface area contributed by atoms with Crippen LogP contribution < -0.4 is 5.14 Å². The van der Waals surface area contributed by atoms with E-state index in [1.54, 1.807) is 6.92 Å². The molecule has 0 saturated heterocycles. The Morgan fingerprint density at radius 1 is 1.52 bits per heavy atom. The lowest BCUT2D eigenvalue weighted by atomic mass is 10.2. The van der Waals surface area contributed by atoms with Crippen molar-refractivity contribution in [3.8, 4) is 0 Å². The first-order valence-corrected chi connectivity index (χ1v) is 8.29. The maximum atomic E-state index is 12.1. The Morgan fingerprint density at radius 3 is 2.71 bits per heavy atom. The van der Waals surface area contributed by atoms with Crippen LogP contribution in [0.1, 0.15) is 48.8 Å². The Hall–Kier alpha value is -1.45. The number of aromatic amines is 1. The average molecular weight is 317 g/mol. The zero-order valence-electron chi connectivity index (χ0n) is 12.0. The number of H-pyrrole nitrogens is 1. The number of aromatic nitrogens is 2. The van der Waals surface area contributed by atoms with Crippen molar-refractivity contribution >= 4 is 16.0 Å². The van der Waals surface area contributed by atoms with E-state index < -0.39 is 22.1 Å². The average Bonchev–Trinajstić information content (AvgIpc) is 3.13. The van der Waals surface area contributed by atoms with Crippen molar-refractivity contribution in [3.05, 3.63) is 11.4 Å². The van der Waals surface area contributed by atoms with Gasteiger partial charge in [0.05, 0.1) is 12.3 Å². The van der Waals surface area contributed by atoms with E-state index >= 15 is 0 Å². The van der Waals surface area contributed by atoms with Crippen molar-refractivity contribution in [2.75, 3.05) is 13.2 Å². The zero-order chi connectivity index (χ0) is 15.6. The Morgan fingerprint density at radius 2 is 2.19 bits per heavy atom. The summed E-state index contributed by atoms with van der Waals surface area (Å²) < 4.78 is 33.7.